The van der Waals surface area contributed by atoms with Gasteiger partial charge in [-0.1, -0.05) is 17.7 Å². The molecular formula is C12H15ClN2O2. The van der Waals surface area contributed by atoms with Crippen LogP contribution >= 0.6 is 11.6 Å². The Morgan fingerprint density at radius 3 is 2.71 bits per heavy atom. The first-order chi connectivity index (χ1) is 8.06. The number of rotatable bonds is 5. The predicted octanol–water partition coefficient (Wildman–Crippen LogP) is 1.05. The maximum absolute atomic E-state index is 11.0. The van der Waals surface area contributed by atoms with E-state index in [4.69, 9.17) is 22.4 Å². The zero-order valence-electron chi connectivity index (χ0n) is 9.37. The zero-order valence-corrected chi connectivity index (χ0v) is 10.1. The van der Waals surface area contributed by atoms with Crippen LogP contribution in [0.2, 0.25) is 5.02 Å². The van der Waals surface area contributed by atoms with Gasteiger partial charge in [-0.05, 0) is 30.5 Å². The molecule has 0 aliphatic heterocycles. The number of nitrogens with two attached hydrogens (primary N) is 1. The van der Waals surface area contributed by atoms with E-state index in [-0.39, 0.29) is 12.1 Å². The van der Waals surface area contributed by atoms with E-state index < -0.39 is 5.91 Å². The van der Waals surface area contributed by atoms with Gasteiger partial charge in [0, 0.05) is 22.7 Å². The van der Waals surface area contributed by atoms with Gasteiger partial charge in [-0.15, -0.1) is 0 Å². The van der Waals surface area contributed by atoms with Crippen LogP contribution in [0.4, 0.5) is 0 Å². The summed E-state index contributed by atoms with van der Waals surface area (Å²) in [6, 6.07) is 5.01. The molecule has 1 aliphatic rings. The number of benzene rings is 1. The third-order valence-electron chi connectivity index (χ3n) is 3.15. The number of hydrogen-bond donors (Lipinski definition) is 3. The predicted molar refractivity (Wildman–Crippen MR) is 65.9 cm³/mol. The molecule has 4 N–H and O–H groups in total. The van der Waals surface area contributed by atoms with Gasteiger partial charge in [0.05, 0.1) is 6.61 Å². The Morgan fingerprint density at radius 1 is 1.53 bits per heavy atom. The zero-order chi connectivity index (χ0) is 12.5. The molecule has 4 nitrogen and oxygen atoms in total. The van der Waals surface area contributed by atoms with E-state index in [2.05, 4.69) is 5.32 Å². The Balaban J connectivity index is 2.04. The lowest BCUT2D eigenvalue weighted by molar-refractivity contribution is 0.100. The molecule has 0 aromatic heterocycles. The second-order valence-electron chi connectivity index (χ2n) is 4.46. The van der Waals surface area contributed by atoms with Gasteiger partial charge in [-0.2, -0.15) is 0 Å². The van der Waals surface area contributed by atoms with Crippen LogP contribution in [-0.4, -0.2) is 23.2 Å². The number of aliphatic hydroxyl groups is 1. The Bertz CT molecular complexity index is 444. The fourth-order valence-electron chi connectivity index (χ4n) is 1.67. The molecule has 0 unspecified atom stereocenters. The van der Waals surface area contributed by atoms with E-state index in [9.17, 15) is 4.79 Å². The quantitative estimate of drug-likeness (QED) is 0.735. The van der Waals surface area contributed by atoms with Crippen LogP contribution in [0.5, 0.6) is 0 Å². The minimum atomic E-state index is -0.486. The third kappa shape index (κ3) is 2.77. The molecule has 1 aromatic carbocycles. The van der Waals surface area contributed by atoms with Gasteiger partial charge in [0.2, 0.25) is 5.91 Å². The van der Waals surface area contributed by atoms with Crippen molar-refractivity contribution in [3.05, 3.63) is 34.3 Å². The van der Waals surface area contributed by atoms with E-state index in [1.54, 1.807) is 18.2 Å². The molecule has 1 fully saturated rings. The van der Waals surface area contributed by atoms with Crippen molar-refractivity contribution in [3.8, 4) is 0 Å². The Labute approximate surface area is 105 Å². The molecule has 0 radical (unpaired) electrons. The van der Waals surface area contributed by atoms with Crippen molar-refractivity contribution in [1.82, 2.24) is 5.32 Å². The topological polar surface area (TPSA) is 75.4 Å². The molecule has 0 heterocycles. The van der Waals surface area contributed by atoms with Gasteiger partial charge in [0.1, 0.15) is 0 Å². The summed E-state index contributed by atoms with van der Waals surface area (Å²) in [5, 5.41) is 13.0. The Kier molecular flexibility index (Phi) is 3.38. The summed E-state index contributed by atoms with van der Waals surface area (Å²) < 4.78 is 0. The van der Waals surface area contributed by atoms with Gasteiger partial charge in [0.25, 0.3) is 0 Å². The van der Waals surface area contributed by atoms with Crippen LogP contribution in [0, 0.1) is 0 Å². The number of aliphatic hydroxyl groups excluding tert-OH is 1. The van der Waals surface area contributed by atoms with Gasteiger partial charge >= 0.3 is 0 Å². The molecule has 0 spiro atoms. The highest BCUT2D eigenvalue weighted by molar-refractivity contribution is 6.31. The normalized spacial score (nSPS) is 16.8. The number of halogens is 1. The minimum Gasteiger partial charge on any atom is -0.394 e. The fraction of sp³-hybridized carbons (Fsp3) is 0.417. The van der Waals surface area contributed by atoms with Crippen LogP contribution in [0.15, 0.2) is 18.2 Å². The first kappa shape index (κ1) is 12.4. The SMILES string of the molecule is NC(=O)c1ccc(CNC2(CO)CC2)c(Cl)c1. The maximum atomic E-state index is 11.0. The van der Waals surface area contributed by atoms with E-state index >= 15 is 0 Å². The van der Waals surface area contributed by atoms with E-state index in [1.807, 2.05) is 0 Å². The van der Waals surface area contributed by atoms with Crippen molar-refractivity contribution in [2.45, 2.75) is 24.9 Å². The van der Waals surface area contributed by atoms with Crippen LogP contribution in [-0.2, 0) is 6.54 Å². The van der Waals surface area contributed by atoms with Crippen molar-refractivity contribution in [3.63, 3.8) is 0 Å². The van der Waals surface area contributed by atoms with Crippen molar-refractivity contribution >= 4 is 17.5 Å². The number of hydrogen-bond acceptors (Lipinski definition) is 3. The molecule has 1 aliphatic carbocycles. The van der Waals surface area contributed by atoms with Crippen LogP contribution in [0.1, 0.15) is 28.8 Å². The summed E-state index contributed by atoms with van der Waals surface area (Å²) in [5.41, 5.74) is 6.35. The average molecular weight is 255 g/mol. The molecule has 17 heavy (non-hydrogen) atoms. The first-order valence-electron chi connectivity index (χ1n) is 5.50. The largest absolute Gasteiger partial charge is 0.394 e. The molecule has 0 bridgehead atoms. The fourth-order valence-corrected chi connectivity index (χ4v) is 1.92. The lowest BCUT2D eigenvalue weighted by Gasteiger charge is -2.15. The number of primary amides is 1. The number of carbonyl (C=O) groups is 1. The molecule has 0 atom stereocenters. The minimum absolute atomic E-state index is 0.119. The summed E-state index contributed by atoms with van der Waals surface area (Å²) >= 11 is 6.06. The molecule has 92 valence electrons. The summed E-state index contributed by atoms with van der Waals surface area (Å²) in [7, 11) is 0. The van der Waals surface area contributed by atoms with E-state index in [0.29, 0.717) is 17.1 Å². The highest BCUT2D eigenvalue weighted by Gasteiger charge is 2.41. The second-order valence-corrected chi connectivity index (χ2v) is 4.87. The monoisotopic (exact) mass is 254 g/mol. The highest BCUT2D eigenvalue weighted by Crippen LogP contribution is 2.35. The van der Waals surface area contributed by atoms with Gasteiger partial charge in [-0.25, -0.2) is 0 Å². The highest BCUT2D eigenvalue weighted by atomic mass is 35.5. The second kappa shape index (κ2) is 4.64. The third-order valence-corrected chi connectivity index (χ3v) is 3.50. The molecule has 2 rings (SSSR count). The summed E-state index contributed by atoms with van der Waals surface area (Å²) in [6.45, 7) is 0.725. The van der Waals surface area contributed by atoms with Crippen molar-refractivity contribution < 1.29 is 9.90 Å². The van der Waals surface area contributed by atoms with Crippen molar-refractivity contribution in [2.24, 2.45) is 5.73 Å². The molecule has 1 aromatic rings. The lowest BCUT2D eigenvalue weighted by atomic mass is 10.1. The number of nitrogens with one attached hydrogen (secondary N) is 1. The summed E-state index contributed by atoms with van der Waals surface area (Å²) in [4.78, 5) is 11.0. The first-order valence-corrected chi connectivity index (χ1v) is 5.88. The van der Waals surface area contributed by atoms with Crippen molar-refractivity contribution in [1.29, 1.82) is 0 Å². The lowest BCUT2D eigenvalue weighted by Crippen LogP contribution is -2.34. The average Bonchev–Trinajstić information content (AvgIpc) is 3.08. The van der Waals surface area contributed by atoms with Gasteiger partial charge < -0.3 is 16.2 Å². The molecule has 5 heteroatoms. The molecular weight excluding hydrogens is 240 g/mol. The van der Waals surface area contributed by atoms with E-state index in [1.165, 1.54) is 0 Å². The molecule has 1 amide bonds. The van der Waals surface area contributed by atoms with Crippen LogP contribution in [0.3, 0.4) is 0 Å². The van der Waals surface area contributed by atoms with Gasteiger partial charge in [0.15, 0.2) is 0 Å². The standard InChI is InChI=1S/C12H15ClN2O2/c13-10-5-8(11(14)17)1-2-9(10)6-15-12(7-16)3-4-12/h1-2,5,15-16H,3-4,6-7H2,(H2,14,17). The molecule has 0 saturated heterocycles. The Morgan fingerprint density at radius 2 is 2.24 bits per heavy atom. The number of carbonyl (C=O) groups excluding carboxylic acids is 1. The van der Waals surface area contributed by atoms with E-state index in [0.717, 1.165) is 18.4 Å². The summed E-state index contributed by atoms with van der Waals surface area (Å²) in [5.74, 6) is -0.486. The number of amides is 1. The van der Waals surface area contributed by atoms with Crippen LogP contribution < -0.4 is 11.1 Å². The molecule has 1 saturated carbocycles. The van der Waals surface area contributed by atoms with Crippen molar-refractivity contribution in [2.75, 3.05) is 6.61 Å². The summed E-state index contributed by atoms with van der Waals surface area (Å²) in [6.07, 6.45) is 1.97. The van der Waals surface area contributed by atoms with Gasteiger partial charge in [-0.3, -0.25) is 4.79 Å². The maximum Gasteiger partial charge on any atom is 0.248 e. The van der Waals surface area contributed by atoms with Crippen LogP contribution in [0.25, 0.3) is 0 Å². The smallest absolute Gasteiger partial charge is 0.248 e. The Hall–Kier alpha value is -1.10.